The van der Waals surface area contributed by atoms with Crippen molar-refractivity contribution < 1.29 is 14.3 Å². The number of rotatable bonds is 4. The average molecular weight is 418 g/mol. The first-order valence-corrected chi connectivity index (χ1v) is 9.30. The van der Waals surface area contributed by atoms with Crippen molar-refractivity contribution in [2.45, 2.75) is 6.92 Å². The van der Waals surface area contributed by atoms with Crippen molar-refractivity contribution in [3.05, 3.63) is 58.2 Å². The molecule has 0 spiro atoms. The minimum absolute atomic E-state index is 0.0385. The molecular formula is C19H20BrN3O3. The van der Waals surface area contributed by atoms with Crippen molar-refractivity contribution in [3.63, 3.8) is 0 Å². The van der Waals surface area contributed by atoms with Crippen molar-refractivity contribution in [1.82, 2.24) is 9.88 Å². The fourth-order valence-corrected chi connectivity index (χ4v) is 3.25. The first kappa shape index (κ1) is 18.4. The smallest absolute Gasteiger partial charge is 0.339 e. The van der Waals surface area contributed by atoms with E-state index in [9.17, 15) is 9.59 Å². The molecule has 0 bridgehead atoms. The molecule has 0 aliphatic carbocycles. The van der Waals surface area contributed by atoms with Gasteiger partial charge in [-0.3, -0.25) is 4.79 Å². The summed E-state index contributed by atoms with van der Waals surface area (Å²) in [6.45, 7) is 4.78. The van der Waals surface area contributed by atoms with Crippen LogP contribution >= 0.6 is 15.9 Å². The first-order chi connectivity index (χ1) is 12.6. The highest BCUT2D eigenvalue weighted by Crippen LogP contribution is 2.17. The summed E-state index contributed by atoms with van der Waals surface area (Å²) in [5, 5.41) is 0. The highest BCUT2D eigenvalue weighted by molar-refractivity contribution is 9.10. The van der Waals surface area contributed by atoms with Crippen LogP contribution in [-0.4, -0.2) is 54.5 Å². The molecule has 7 heteroatoms. The average Bonchev–Trinajstić information content (AvgIpc) is 2.68. The monoisotopic (exact) mass is 417 g/mol. The van der Waals surface area contributed by atoms with Crippen molar-refractivity contribution in [2.24, 2.45) is 0 Å². The Morgan fingerprint density at radius 3 is 2.50 bits per heavy atom. The topological polar surface area (TPSA) is 62.7 Å². The first-order valence-electron chi connectivity index (χ1n) is 8.51. The fourth-order valence-electron chi connectivity index (χ4n) is 2.85. The number of ether oxygens (including phenoxy) is 1. The van der Waals surface area contributed by atoms with Crippen LogP contribution in [0.5, 0.6) is 0 Å². The molecule has 1 aromatic heterocycles. The van der Waals surface area contributed by atoms with Gasteiger partial charge in [0.05, 0.1) is 12.2 Å². The van der Waals surface area contributed by atoms with E-state index < -0.39 is 0 Å². The lowest BCUT2D eigenvalue weighted by Crippen LogP contribution is -2.49. The van der Waals surface area contributed by atoms with Crippen LogP contribution in [-0.2, 0) is 4.74 Å². The zero-order valence-electron chi connectivity index (χ0n) is 14.5. The Balaban J connectivity index is 1.60. The molecule has 2 aromatic rings. The van der Waals surface area contributed by atoms with E-state index >= 15 is 0 Å². The second-order valence-corrected chi connectivity index (χ2v) is 6.83. The molecule has 0 unspecified atom stereocenters. The number of carbonyl (C=O) groups is 2. The summed E-state index contributed by atoms with van der Waals surface area (Å²) in [5.41, 5.74) is 1.13. The maximum absolute atomic E-state index is 12.6. The van der Waals surface area contributed by atoms with Crippen LogP contribution in [0.2, 0.25) is 0 Å². The number of aromatic nitrogens is 1. The zero-order chi connectivity index (χ0) is 18.5. The van der Waals surface area contributed by atoms with Gasteiger partial charge in [-0.15, -0.1) is 0 Å². The number of halogens is 1. The number of hydrogen-bond acceptors (Lipinski definition) is 5. The van der Waals surface area contributed by atoms with Crippen LogP contribution in [0, 0.1) is 0 Å². The van der Waals surface area contributed by atoms with E-state index in [0.717, 1.165) is 10.3 Å². The van der Waals surface area contributed by atoms with Crippen LogP contribution < -0.4 is 4.90 Å². The van der Waals surface area contributed by atoms with Crippen molar-refractivity contribution in [1.29, 1.82) is 0 Å². The molecule has 136 valence electrons. The van der Waals surface area contributed by atoms with Gasteiger partial charge in [-0.25, -0.2) is 9.78 Å². The summed E-state index contributed by atoms with van der Waals surface area (Å²) < 4.78 is 5.86. The van der Waals surface area contributed by atoms with Crippen LogP contribution in [0.4, 0.5) is 5.82 Å². The molecule has 0 atom stereocenters. The Bertz CT molecular complexity index is 787. The molecule has 0 N–H and O–H groups in total. The number of piperazine rings is 1. The lowest BCUT2D eigenvalue weighted by molar-refractivity contribution is 0.0525. The number of anilines is 1. The Hall–Kier alpha value is -2.41. The van der Waals surface area contributed by atoms with Gasteiger partial charge in [-0.2, -0.15) is 0 Å². The number of pyridine rings is 1. The summed E-state index contributed by atoms with van der Waals surface area (Å²) in [7, 11) is 0. The van der Waals surface area contributed by atoms with Gasteiger partial charge >= 0.3 is 5.97 Å². The second-order valence-electron chi connectivity index (χ2n) is 5.92. The number of nitrogens with zero attached hydrogens (tertiary/aromatic N) is 3. The highest BCUT2D eigenvalue weighted by atomic mass is 79.9. The molecule has 1 aliphatic rings. The molecule has 1 aliphatic heterocycles. The standard InChI is InChI=1S/C19H20BrN3O3/c1-2-26-19(25)15-6-7-17(21-13-15)22-8-10-23(11-9-22)18(24)14-4-3-5-16(20)12-14/h3-7,12-13H,2,8-11H2,1H3. The molecule has 1 aromatic carbocycles. The van der Waals surface area contributed by atoms with Crippen molar-refractivity contribution >= 4 is 33.6 Å². The summed E-state index contributed by atoms with van der Waals surface area (Å²) in [6, 6.07) is 11.0. The summed E-state index contributed by atoms with van der Waals surface area (Å²) in [4.78, 5) is 32.6. The van der Waals surface area contributed by atoms with Gasteiger partial charge in [0.25, 0.3) is 5.91 Å². The van der Waals surface area contributed by atoms with E-state index in [2.05, 4.69) is 25.8 Å². The van der Waals surface area contributed by atoms with Gasteiger partial charge in [0, 0.05) is 42.4 Å². The van der Waals surface area contributed by atoms with Gasteiger partial charge < -0.3 is 14.5 Å². The lowest BCUT2D eigenvalue weighted by atomic mass is 10.2. The molecule has 1 saturated heterocycles. The number of amides is 1. The van der Waals surface area contributed by atoms with E-state index in [0.29, 0.717) is 43.9 Å². The molecule has 3 rings (SSSR count). The second kappa shape index (κ2) is 8.31. The lowest BCUT2D eigenvalue weighted by Gasteiger charge is -2.35. The van der Waals surface area contributed by atoms with Gasteiger partial charge in [0.2, 0.25) is 0 Å². The maximum Gasteiger partial charge on any atom is 0.339 e. The summed E-state index contributed by atoms with van der Waals surface area (Å²) >= 11 is 3.40. The zero-order valence-corrected chi connectivity index (χ0v) is 16.1. The van der Waals surface area contributed by atoms with Crippen LogP contribution in [0.25, 0.3) is 0 Å². The summed E-state index contributed by atoms with van der Waals surface area (Å²) in [5.74, 6) is 0.472. The highest BCUT2D eigenvalue weighted by Gasteiger charge is 2.23. The van der Waals surface area contributed by atoms with Crippen LogP contribution in [0.3, 0.4) is 0 Å². The molecule has 6 nitrogen and oxygen atoms in total. The predicted molar refractivity (Wildman–Crippen MR) is 102 cm³/mol. The third-order valence-corrected chi connectivity index (χ3v) is 4.71. The number of hydrogen-bond donors (Lipinski definition) is 0. The van der Waals surface area contributed by atoms with E-state index in [4.69, 9.17) is 4.74 Å². The molecular weight excluding hydrogens is 398 g/mol. The molecule has 0 radical (unpaired) electrons. The normalized spacial score (nSPS) is 14.2. The minimum atomic E-state index is -0.365. The SMILES string of the molecule is CCOC(=O)c1ccc(N2CCN(C(=O)c3cccc(Br)c3)CC2)nc1. The number of carbonyl (C=O) groups excluding carboxylic acids is 2. The minimum Gasteiger partial charge on any atom is -0.462 e. The van der Waals surface area contributed by atoms with E-state index in [1.165, 1.54) is 6.20 Å². The Morgan fingerprint density at radius 2 is 1.88 bits per heavy atom. The van der Waals surface area contributed by atoms with Crippen LogP contribution in [0.1, 0.15) is 27.6 Å². The third-order valence-electron chi connectivity index (χ3n) is 4.22. The van der Waals surface area contributed by atoms with Crippen LogP contribution in [0.15, 0.2) is 47.1 Å². The van der Waals surface area contributed by atoms with Gasteiger partial charge in [-0.1, -0.05) is 22.0 Å². The van der Waals surface area contributed by atoms with E-state index in [1.54, 1.807) is 13.0 Å². The fraction of sp³-hybridized carbons (Fsp3) is 0.316. The third kappa shape index (κ3) is 4.22. The Labute approximate surface area is 160 Å². The Morgan fingerprint density at radius 1 is 1.12 bits per heavy atom. The molecule has 2 heterocycles. The predicted octanol–water partition coefficient (Wildman–Crippen LogP) is 2.98. The summed E-state index contributed by atoms with van der Waals surface area (Å²) in [6.07, 6.45) is 1.53. The van der Waals surface area contributed by atoms with E-state index in [-0.39, 0.29) is 11.9 Å². The van der Waals surface area contributed by atoms with Gasteiger partial charge in [0.1, 0.15) is 5.82 Å². The largest absolute Gasteiger partial charge is 0.462 e. The van der Waals surface area contributed by atoms with E-state index in [1.807, 2.05) is 35.2 Å². The van der Waals surface area contributed by atoms with Gasteiger partial charge in [0.15, 0.2) is 0 Å². The molecule has 26 heavy (non-hydrogen) atoms. The van der Waals surface area contributed by atoms with Gasteiger partial charge in [-0.05, 0) is 37.3 Å². The quantitative estimate of drug-likeness (QED) is 0.715. The van der Waals surface area contributed by atoms with Crippen molar-refractivity contribution in [2.75, 3.05) is 37.7 Å². The number of esters is 1. The van der Waals surface area contributed by atoms with Crippen molar-refractivity contribution in [3.8, 4) is 0 Å². The maximum atomic E-state index is 12.6. The molecule has 1 amide bonds. The molecule has 1 fully saturated rings. The Kier molecular flexibility index (Phi) is 5.88. The number of benzene rings is 1. The molecule has 0 saturated carbocycles.